The summed E-state index contributed by atoms with van der Waals surface area (Å²) < 4.78 is 27.8. The molecule has 1 aromatic rings. The summed E-state index contributed by atoms with van der Waals surface area (Å²) in [6, 6.07) is 5.89. The molecule has 1 aromatic carbocycles. The van der Waals surface area contributed by atoms with Gasteiger partial charge in [0.05, 0.1) is 6.61 Å². The Morgan fingerprint density at radius 1 is 1.15 bits per heavy atom. The highest BCUT2D eigenvalue weighted by molar-refractivity contribution is 7.72. The predicted molar refractivity (Wildman–Crippen MR) is 110 cm³/mol. The Balaban J connectivity index is 2.64. The molecule has 0 bridgehead atoms. The highest BCUT2D eigenvalue weighted by Gasteiger charge is 2.29. The largest absolute Gasteiger partial charge is 0.367 e. The summed E-state index contributed by atoms with van der Waals surface area (Å²) in [6.07, 6.45) is 5.79. The van der Waals surface area contributed by atoms with Crippen LogP contribution in [0.3, 0.4) is 0 Å². The van der Waals surface area contributed by atoms with E-state index in [9.17, 15) is 14.0 Å². The van der Waals surface area contributed by atoms with E-state index in [1.165, 1.54) is 11.1 Å². The lowest BCUT2D eigenvalue weighted by Crippen LogP contribution is -2.02. The van der Waals surface area contributed by atoms with Gasteiger partial charge in [-0.2, -0.15) is 0 Å². The lowest BCUT2D eigenvalue weighted by molar-refractivity contribution is 0.155. The van der Waals surface area contributed by atoms with E-state index < -0.39 is 27.2 Å². The van der Waals surface area contributed by atoms with E-state index in [-0.39, 0.29) is 6.61 Å². The van der Waals surface area contributed by atoms with E-state index in [0.29, 0.717) is 0 Å². The van der Waals surface area contributed by atoms with E-state index in [1.54, 1.807) is 0 Å². The van der Waals surface area contributed by atoms with Crippen LogP contribution in [-0.4, -0.2) is 26.9 Å². The van der Waals surface area contributed by atoms with Crippen LogP contribution in [0.15, 0.2) is 35.4 Å². The average Bonchev–Trinajstić information content (AvgIpc) is 2.46. The van der Waals surface area contributed by atoms with E-state index in [4.69, 9.17) is 14.5 Å². The summed E-state index contributed by atoms with van der Waals surface area (Å²) >= 11 is 0. The van der Waals surface area contributed by atoms with Crippen LogP contribution in [0.1, 0.15) is 50.3 Å². The fourth-order valence-corrected chi connectivity index (χ4v) is 5.55. The zero-order valence-electron chi connectivity index (χ0n) is 16.4. The average molecular weight is 416 g/mol. The molecule has 0 amide bonds. The first-order chi connectivity index (χ1) is 12.4. The van der Waals surface area contributed by atoms with Gasteiger partial charge in [-0.05, 0) is 57.2 Å². The molecule has 1 atom stereocenters. The third kappa shape index (κ3) is 10.8. The predicted octanol–water partition coefficient (Wildman–Crippen LogP) is 5.02. The van der Waals surface area contributed by atoms with Gasteiger partial charge in [0.1, 0.15) is 12.3 Å². The topological polar surface area (TPSA) is 104 Å². The van der Waals surface area contributed by atoms with Gasteiger partial charge in [0.25, 0.3) is 0 Å². The molecule has 27 heavy (non-hydrogen) atoms. The molecule has 0 aromatic heterocycles. The molecule has 0 spiro atoms. The van der Waals surface area contributed by atoms with Gasteiger partial charge in [-0.25, -0.2) is 0 Å². The number of allylic oxidation sites excluding steroid dienone is 3. The van der Waals surface area contributed by atoms with Gasteiger partial charge in [-0.3, -0.25) is 9.13 Å². The molecule has 0 radical (unpaired) electrons. The standard InChI is InChI=1S/C19H30O6P2/c1-15(2)6-5-7-16(3)10-18-8-9-19(17(4)11-18)12-25-13-26(20,21)14-27(22,23)24/h6,8-11H,5,7,12-14H2,1-4H3,(H,20,21)(H2,22,23,24). The Kier molecular flexibility index (Phi) is 9.36. The quantitative estimate of drug-likeness (QED) is 0.365. The molecule has 152 valence electrons. The zero-order chi connectivity index (χ0) is 20.7. The van der Waals surface area contributed by atoms with Gasteiger partial charge in [-0.15, -0.1) is 0 Å². The maximum Gasteiger partial charge on any atom is 0.335 e. The van der Waals surface area contributed by atoms with Gasteiger partial charge in [0.15, 0.2) is 0 Å². The van der Waals surface area contributed by atoms with Crippen molar-refractivity contribution in [3.63, 3.8) is 0 Å². The molecule has 1 unspecified atom stereocenters. The second-order valence-electron chi connectivity index (χ2n) is 7.13. The third-order valence-electron chi connectivity index (χ3n) is 3.83. The minimum atomic E-state index is -4.55. The molecule has 0 aliphatic rings. The van der Waals surface area contributed by atoms with E-state index in [1.807, 2.05) is 25.1 Å². The molecule has 0 saturated carbocycles. The van der Waals surface area contributed by atoms with Gasteiger partial charge < -0.3 is 19.4 Å². The second-order valence-corrected chi connectivity index (χ2v) is 11.5. The third-order valence-corrected chi connectivity index (χ3v) is 7.65. The highest BCUT2D eigenvalue weighted by atomic mass is 31.2. The van der Waals surface area contributed by atoms with Crippen LogP contribution >= 0.6 is 15.0 Å². The lowest BCUT2D eigenvalue weighted by Gasteiger charge is -2.14. The van der Waals surface area contributed by atoms with Crippen molar-refractivity contribution in [1.29, 1.82) is 0 Å². The van der Waals surface area contributed by atoms with E-state index >= 15 is 0 Å². The number of hydrogen-bond acceptors (Lipinski definition) is 3. The number of hydrogen-bond donors (Lipinski definition) is 3. The van der Waals surface area contributed by atoms with Crippen LogP contribution in [0.25, 0.3) is 6.08 Å². The van der Waals surface area contributed by atoms with Crippen LogP contribution in [0.2, 0.25) is 0 Å². The second kappa shape index (κ2) is 10.5. The Labute approximate surface area is 161 Å². The molecular formula is C19H30O6P2. The molecule has 3 N–H and O–H groups in total. The van der Waals surface area contributed by atoms with Crippen molar-refractivity contribution in [2.75, 3.05) is 12.3 Å². The minimum absolute atomic E-state index is 0.112. The summed E-state index contributed by atoms with van der Waals surface area (Å²) in [4.78, 5) is 27.2. The van der Waals surface area contributed by atoms with Crippen LogP contribution < -0.4 is 0 Å². The molecule has 0 fully saturated rings. The summed E-state index contributed by atoms with van der Waals surface area (Å²) in [5.41, 5.74) is 5.54. The van der Waals surface area contributed by atoms with Crippen molar-refractivity contribution < 1.29 is 28.5 Å². The Morgan fingerprint density at radius 2 is 1.81 bits per heavy atom. The Bertz CT molecular complexity index is 787. The molecule has 0 saturated heterocycles. The summed E-state index contributed by atoms with van der Waals surface area (Å²) in [6.45, 7) is 8.32. The maximum atomic E-state index is 11.7. The molecule has 0 heterocycles. The monoisotopic (exact) mass is 416 g/mol. The maximum absolute atomic E-state index is 11.7. The van der Waals surface area contributed by atoms with Crippen LogP contribution in [0.4, 0.5) is 0 Å². The number of ether oxygens (including phenoxy) is 1. The summed E-state index contributed by atoms with van der Waals surface area (Å²) in [5.74, 6) is -1.06. The smallest absolute Gasteiger partial charge is 0.335 e. The first-order valence-electron chi connectivity index (χ1n) is 8.71. The van der Waals surface area contributed by atoms with Crippen LogP contribution in [0, 0.1) is 6.92 Å². The lowest BCUT2D eigenvalue weighted by atomic mass is 10.0. The summed E-state index contributed by atoms with van der Waals surface area (Å²) in [7, 11) is -8.56. The minimum Gasteiger partial charge on any atom is -0.367 e. The zero-order valence-corrected chi connectivity index (χ0v) is 18.2. The van der Waals surface area contributed by atoms with Gasteiger partial charge >= 0.3 is 7.60 Å². The molecule has 0 aliphatic heterocycles. The molecule has 0 aliphatic carbocycles. The molecule has 1 rings (SSSR count). The van der Waals surface area contributed by atoms with Gasteiger partial charge in [0, 0.05) is 0 Å². The molecule has 8 heteroatoms. The van der Waals surface area contributed by atoms with Crippen LogP contribution in [0.5, 0.6) is 0 Å². The SMILES string of the molecule is CC(C)=CCCC(C)=Cc1ccc(COCP(=O)(O)CP(=O)(O)O)c(C)c1. The first-order valence-corrected chi connectivity index (χ1v) is 12.5. The molecule has 6 nitrogen and oxygen atoms in total. The Hall–Kier alpha value is -1.00. The van der Waals surface area contributed by atoms with Crippen molar-refractivity contribution in [2.24, 2.45) is 0 Å². The summed E-state index contributed by atoms with van der Waals surface area (Å²) in [5, 5.41) is 0. The van der Waals surface area contributed by atoms with Crippen LogP contribution in [-0.2, 0) is 20.5 Å². The van der Waals surface area contributed by atoms with Crippen molar-refractivity contribution >= 4 is 21.0 Å². The van der Waals surface area contributed by atoms with Crippen molar-refractivity contribution in [3.05, 3.63) is 52.1 Å². The highest BCUT2D eigenvalue weighted by Crippen LogP contribution is 2.54. The van der Waals surface area contributed by atoms with E-state index in [2.05, 4.69) is 32.9 Å². The van der Waals surface area contributed by atoms with Gasteiger partial charge in [0.2, 0.25) is 7.37 Å². The number of rotatable bonds is 10. The fourth-order valence-electron chi connectivity index (χ4n) is 2.54. The normalized spacial score (nSPS) is 14.7. The number of benzene rings is 1. The van der Waals surface area contributed by atoms with Gasteiger partial charge in [-0.1, -0.05) is 41.5 Å². The Morgan fingerprint density at radius 3 is 2.37 bits per heavy atom. The first kappa shape index (κ1) is 24.0. The number of aryl methyl sites for hydroxylation is 1. The van der Waals surface area contributed by atoms with Crippen molar-refractivity contribution in [3.8, 4) is 0 Å². The molecular weight excluding hydrogens is 386 g/mol. The van der Waals surface area contributed by atoms with E-state index in [0.717, 1.165) is 29.5 Å². The fraction of sp³-hybridized carbons (Fsp3) is 0.474. The van der Waals surface area contributed by atoms with Crippen molar-refractivity contribution in [1.82, 2.24) is 0 Å². The van der Waals surface area contributed by atoms with Crippen molar-refractivity contribution in [2.45, 2.75) is 47.1 Å².